The highest BCUT2D eigenvalue weighted by Crippen LogP contribution is 2.44. The molecular formula is C22H24FN7O3. The fourth-order valence-corrected chi connectivity index (χ4v) is 4.96. The summed E-state index contributed by atoms with van der Waals surface area (Å²) in [4.78, 5) is 36.5. The third-order valence-electron chi connectivity index (χ3n) is 6.75. The van der Waals surface area contributed by atoms with E-state index in [9.17, 15) is 19.1 Å². The number of rotatable bonds is 4. The van der Waals surface area contributed by atoms with E-state index in [1.54, 1.807) is 0 Å². The second kappa shape index (κ2) is 8.07. The maximum Gasteiger partial charge on any atom is 0.296 e. The Bertz CT molecular complexity index is 1270. The van der Waals surface area contributed by atoms with Crippen molar-refractivity contribution in [3.8, 4) is 11.4 Å². The number of likely N-dealkylation sites (N-methyl/N-ethyl adjacent to an activating group) is 1. The highest BCUT2D eigenvalue weighted by molar-refractivity contribution is 5.94. The van der Waals surface area contributed by atoms with Gasteiger partial charge < -0.3 is 10.4 Å². The number of aromatic nitrogens is 5. The molecule has 11 heteroatoms. The Hall–Kier alpha value is -3.60. The fourth-order valence-electron chi connectivity index (χ4n) is 4.96. The van der Waals surface area contributed by atoms with E-state index in [4.69, 9.17) is 0 Å². The van der Waals surface area contributed by atoms with Crippen LogP contribution in [0.3, 0.4) is 0 Å². The van der Waals surface area contributed by atoms with Gasteiger partial charge in [0.2, 0.25) is 5.75 Å². The standard InChI is InChI=1S/C22H24FN7O3/c1-28-8-9-29-20(33)18(31)17(27-21(29)22(28)6-2-3-7-22)19(32)25-11-14-4-5-15(23)10-16(14)30-13-24-12-26-30/h4-5,10,12-13,31H,2-3,6-9,11H2,1H3,(H,25,32). The van der Waals surface area contributed by atoms with E-state index in [1.807, 2.05) is 7.05 Å². The van der Waals surface area contributed by atoms with Crippen molar-refractivity contribution in [2.75, 3.05) is 13.6 Å². The molecule has 1 amide bonds. The smallest absolute Gasteiger partial charge is 0.296 e. The van der Waals surface area contributed by atoms with Crippen molar-refractivity contribution < 1.29 is 14.3 Å². The van der Waals surface area contributed by atoms with Gasteiger partial charge in [0.05, 0.1) is 11.2 Å². The molecule has 1 aliphatic heterocycles. The predicted octanol–water partition coefficient (Wildman–Crippen LogP) is 1.31. The Balaban J connectivity index is 1.47. The number of amides is 1. The molecule has 0 saturated heterocycles. The van der Waals surface area contributed by atoms with Gasteiger partial charge in [-0.1, -0.05) is 18.9 Å². The summed E-state index contributed by atoms with van der Waals surface area (Å²) in [6, 6.07) is 4.10. The number of aromatic hydroxyl groups is 1. The number of nitrogens with zero attached hydrogens (tertiary/aromatic N) is 6. The monoisotopic (exact) mass is 453 g/mol. The van der Waals surface area contributed by atoms with Crippen molar-refractivity contribution in [2.24, 2.45) is 0 Å². The van der Waals surface area contributed by atoms with Gasteiger partial charge in [-0.05, 0) is 37.6 Å². The summed E-state index contributed by atoms with van der Waals surface area (Å²) in [7, 11) is 2.01. The van der Waals surface area contributed by atoms with Crippen LogP contribution in [0.15, 0.2) is 35.6 Å². The summed E-state index contributed by atoms with van der Waals surface area (Å²) in [6.45, 7) is 1.10. The Morgan fingerprint density at radius 3 is 2.79 bits per heavy atom. The highest BCUT2D eigenvalue weighted by Gasteiger charge is 2.46. The zero-order chi connectivity index (χ0) is 23.2. The molecule has 0 unspecified atom stereocenters. The Kier molecular flexibility index (Phi) is 5.20. The van der Waals surface area contributed by atoms with Crippen molar-refractivity contribution in [3.05, 3.63) is 64.1 Å². The van der Waals surface area contributed by atoms with Crippen molar-refractivity contribution in [1.29, 1.82) is 0 Å². The molecule has 2 N–H and O–H groups in total. The Labute approximate surface area is 188 Å². The maximum atomic E-state index is 13.8. The first-order chi connectivity index (χ1) is 15.9. The van der Waals surface area contributed by atoms with E-state index in [-0.39, 0.29) is 12.2 Å². The quantitative estimate of drug-likeness (QED) is 0.612. The normalized spacial score (nSPS) is 17.3. The van der Waals surface area contributed by atoms with Gasteiger partial charge in [0.1, 0.15) is 24.3 Å². The Morgan fingerprint density at radius 2 is 2.06 bits per heavy atom. The third-order valence-corrected chi connectivity index (χ3v) is 6.75. The summed E-state index contributed by atoms with van der Waals surface area (Å²) < 4.78 is 16.7. The van der Waals surface area contributed by atoms with Crippen LogP contribution < -0.4 is 10.9 Å². The summed E-state index contributed by atoms with van der Waals surface area (Å²) in [5, 5.41) is 17.2. The van der Waals surface area contributed by atoms with Crippen molar-refractivity contribution >= 4 is 5.91 Å². The van der Waals surface area contributed by atoms with Crippen LogP contribution >= 0.6 is 0 Å². The molecule has 172 valence electrons. The zero-order valence-corrected chi connectivity index (χ0v) is 18.2. The molecule has 1 aromatic carbocycles. The summed E-state index contributed by atoms with van der Waals surface area (Å²) in [6.07, 6.45) is 6.47. The van der Waals surface area contributed by atoms with E-state index in [1.165, 1.54) is 40.1 Å². The lowest BCUT2D eigenvalue weighted by molar-refractivity contribution is 0.0742. The van der Waals surface area contributed by atoms with Crippen LogP contribution in [0.2, 0.25) is 0 Å². The minimum absolute atomic E-state index is 0.0128. The second-order valence-electron chi connectivity index (χ2n) is 8.55. The summed E-state index contributed by atoms with van der Waals surface area (Å²) >= 11 is 0. The zero-order valence-electron chi connectivity index (χ0n) is 18.2. The van der Waals surface area contributed by atoms with Crippen LogP contribution in [0.5, 0.6) is 5.75 Å². The first kappa shape index (κ1) is 21.3. The number of hydrogen-bond acceptors (Lipinski definition) is 7. The minimum atomic E-state index is -0.678. The molecule has 2 aromatic heterocycles. The molecule has 0 radical (unpaired) electrons. The minimum Gasteiger partial charge on any atom is -0.501 e. The molecule has 1 spiro atoms. The molecule has 3 aromatic rings. The van der Waals surface area contributed by atoms with Gasteiger partial charge in [-0.25, -0.2) is 19.0 Å². The molecule has 33 heavy (non-hydrogen) atoms. The van der Waals surface area contributed by atoms with Crippen LogP contribution in [0.4, 0.5) is 4.39 Å². The molecule has 10 nitrogen and oxygen atoms in total. The number of hydrogen-bond donors (Lipinski definition) is 2. The van der Waals surface area contributed by atoms with E-state index in [2.05, 4.69) is 25.3 Å². The molecule has 5 rings (SSSR count). The molecule has 1 fully saturated rings. The van der Waals surface area contributed by atoms with Crippen molar-refractivity contribution in [1.82, 2.24) is 34.5 Å². The lowest BCUT2D eigenvalue weighted by atomic mass is 9.92. The van der Waals surface area contributed by atoms with Gasteiger partial charge >= 0.3 is 0 Å². The first-order valence-electron chi connectivity index (χ1n) is 10.9. The van der Waals surface area contributed by atoms with Gasteiger partial charge in [0.15, 0.2) is 5.69 Å². The van der Waals surface area contributed by atoms with Crippen LogP contribution in [0.25, 0.3) is 5.69 Å². The molecule has 2 aliphatic rings. The van der Waals surface area contributed by atoms with Gasteiger partial charge in [-0.15, -0.1) is 0 Å². The van der Waals surface area contributed by atoms with Crippen LogP contribution in [0, 0.1) is 5.82 Å². The fraction of sp³-hybridized carbons (Fsp3) is 0.409. The number of carbonyl (C=O) groups is 1. The van der Waals surface area contributed by atoms with E-state index >= 15 is 0 Å². The topological polar surface area (TPSA) is 118 Å². The van der Waals surface area contributed by atoms with Crippen molar-refractivity contribution in [3.63, 3.8) is 0 Å². The van der Waals surface area contributed by atoms with Gasteiger partial charge in [-0.3, -0.25) is 19.1 Å². The Morgan fingerprint density at radius 1 is 1.27 bits per heavy atom. The molecule has 1 saturated carbocycles. The average molecular weight is 453 g/mol. The number of fused-ring (bicyclic) bond motifs is 2. The van der Waals surface area contributed by atoms with Gasteiger partial charge in [0.25, 0.3) is 11.5 Å². The molecule has 0 bridgehead atoms. The number of halogens is 1. The van der Waals surface area contributed by atoms with Crippen molar-refractivity contribution in [2.45, 2.75) is 44.3 Å². The second-order valence-corrected chi connectivity index (χ2v) is 8.55. The van der Waals surface area contributed by atoms with E-state index < -0.39 is 28.6 Å². The van der Waals surface area contributed by atoms with Crippen LogP contribution in [-0.2, 0) is 18.6 Å². The largest absolute Gasteiger partial charge is 0.501 e. The van der Waals surface area contributed by atoms with E-state index in [0.717, 1.165) is 25.7 Å². The SMILES string of the molecule is CN1CCn2c(nc(C(=O)NCc3ccc(F)cc3-n3cncn3)c(O)c2=O)C12CCCC2. The summed E-state index contributed by atoms with van der Waals surface area (Å²) in [5.41, 5.74) is -0.303. The maximum absolute atomic E-state index is 13.8. The molecule has 1 aliphatic carbocycles. The molecule has 0 atom stereocenters. The van der Waals surface area contributed by atoms with Crippen LogP contribution in [0.1, 0.15) is 47.6 Å². The number of nitrogens with one attached hydrogen (secondary N) is 1. The third kappa shape index (κ3) is 3.48. The molecular weight excluding hydrogens is 429 g/mol. The highest BCUT2D eigenvalue weighted by atomic mass is 19.1. The number of carbonyl (C=O) groups excluding carboxylic acids is 1. The lowest BCUT2D eigenvalue weighted by Gasteiger charge is -2.43. The predicted molar refractivity (Wildman–Crippen MR) is 115 cm³/mol. The average Bonchev–Trinajstić information content (AvgIpc) is 3.51. The number of benzene rings is 1. The van der Waals surface area contributed by atoms with Crippen LogP contribution in [-0.4, -0.2) is 53.8 Å². The first-order valence-corrected chi connectivity index (χ1v) is 10.9. The lowest BCUT2D eigenvalue weighted by Crippen LogP contribution is -2.52. The summed E-state index contributed by atoms with van der Waals surface area (Å²) in [5.74, 6) is -1.26. The van der Waals surface area contributed by atoms with Gasteiger partial charge in [-0.2, -0.15) is 5.10 Å². The molecule has 3 heterocycles. The van der Waals surface area contributed by atoms with Gasteiger partial charge in [0, 0.05) is 19.6 Å². The van der Waals surface area contributed by atoms with E-state index in [0.29, 0.717) is 30.2 Å².